The third kappa shape index (κ3) is 3.71. The summed E-state index contributed by atoms with van der Waals surface area (Å²) in [5.41, 5.74) is 2.62. The van der Waals surface area contributed by atoms with Crippen LogP contribution in [0.15, 0.2) is 18.2 Å². The van der Waals surface area contributed by atoms with Crippen LogP contribution < -0.4 is 10.0 Å². The third-order valence-electron chi connectivity index (χ3n) is 2.67. The van der Waals surface area contributed by atoms with Crippen molar-refractivity contribution < 1.29 is 8.42 Å². The van der Waals surface area contributed by atoms with E-state index >= 15 is 0 Å². The van der Waals surface area contributed by atoms with E-state index in [1.807, 2.05) is 32.0 Å². The van der Waals surface area contributed by atoms with Gasteiger partial charge in [0.2, 0.25) is 10.0 Å². The molecule has 2 N–H and O–H groups in total. The highest BCUT2D eigenvalue weighted by atomic mass is 32.2. The van der Waals surface area contributed by atoms with Crippen LogP contribution in [0.2, 0.25) is 0 Å². The molecule has 1 rings (SSSR count). The molecule has 0 aliphatic heterocycles. The van der Waals surface area contributed by atoms with E-state index in [2.05, 4.69) is 10.0 Å². The van der Waals surface area contributed by atoms with E-state index in [4.69, 9.17) is 0 Å². The predicted octanol–water partition coefficient (Wildman–Crippen LogP) is 1.65. The van der Waals surface area contributed by atoms with Crippen LogP contribution in [-0.2, 0) is 10.0 Å². The van der Waals surface area contributed by atoms with Crippen molar-refractivity contribution in [1.29, 1.82) is 0 Å². The molecule has 0 saturated carbocycles. The van der Waals surface area contributed by atoms with Crippen LogP contribution in [0.5, 0.6) is 0 Å². The second kappa shape index (κ2) is 5.51. The predicted molar refractivity (Wildman–Crippen MR) is 71.8 cm³/mol. The molecule has 1 unspecified atom stereocenters. The molecule has 1 aromatic rings. The summed E-state index contributed by atoms with van der Waals surface area (Å²) in [5.74, 6) is 0. The Kier molecular flexibility index (Phi) is 4.54. The van der Waals surface area contributed by atoms with Gasteiger partial charge in [0.15, 0.2) is 0 Å². The molecule has 17 heavy (non-hydrogen) atoms. The van der Waals surface area contributed by atoms with Gasteiger partial charge < -0.3 is 5.32 Å². The van der Waals surface area contributed by atoms with Gasteiger partial charge in [0.05, 0.1) is 10.9 Å². The van der Waals surface area contributed by atoms with E-state index in [1.54, 1.807) is 14.0 Å². The van der Waals surface area contributed by atoms with Crippen molar-refractivity contribution in [2.45, 2.75) is 26.0 Å². The summed E-state index contributed by atoms with van der Waals surface area (Å²) < 4.78 is 26.6. The Morgan fingerprint density at radius 1 is 1.29 bits per heavy atom. The number of sulfonamides is 1. The highest BCUT2D eigenvalue weighted by molar-refractivity contribution is 7.93. The maximum atomic E-state index is 12.0. The monoisotopic (exact) mass is 256 g/mol. The molecular formula is C12H20N2O2S. The van der Waals surface area contributed by atoms with Crippen molar-refractivity contribution in [3.63, 3.8) is 0 Å². The highest BCUT2D eigenvalue weighted by Gasteiger charge is 2.20. The van der Waals surface area contributed by atoms with E-state index in [1.165, 1.54) is 0 Å². The molecule has 96 valence electrons. The van der Waals surface area contributed by atoms with E-state index in [0.29, 0.717) is 12.2 Å². The van der Waals surface area contributed by atoms with E-state index < -0.39 is 15.3 Å². The van der Waals surface area contributed by atoms with Gasteiger partial charge in [0.1, 0.15) is 0 Å². The lowest BCUT2D eigenvalue weighted by Crippen LogP contribution is -2.33. The Hall–Kier alpha value is -1.07. The number of hydrogen-bond acceptors (Lipinski definition) is 3. The average molecular weight is 256 g/mol. The van der Waals surface area contributed by atoms with Crippen molar-refractivity contribution in [1.82, 2.24) is 5.32 Å². The largest absolute Gasteiger partial charge is 0.318 e. The second-order valence-electron chi connectivity index (χ2n) is 4.33. The fourth-order valence-corrected chi connectivity index (χ4v) is 2.61. The molecule has 0 aliphatic carbocycles. The molecule has 0 aliphatic rings. The summed E-state index contributed by atoms with van der Waals surface area (Å²) in [4.78, 5) is 0. The Balaban J connectivity index is 2.94. The van der Waals surface area contributed by atoms with E-state index in [0.717, 1.165) is 11.1 Å². The van der Waals surface area contributed by atoms with Crippen LogP contribution in [0.1, 0.15) is 18.1 Å². The summed E-state index contributed by atoms with van der Waals surface area (Å²) in [5, 5.41) is 2.40. The van der Waals surface area contributed by atoms with Gasteiger partial charge in [-0.3, -0.25) is 4.72 Å². The molecule has 4 nitrogen and oxygen atoms in total. The molecule has 1 atom stereocenters. The van der Waals surface area contributed by atoms with Crippen LogP contribution in [0, 0.1) is 13.8 Å². The minimum absolute atomic E-state index is 0.431. The van der Waals surface area contributed by atoms with Crippen LogP contribution in [0.25, 0.3) is 0 Å². The first-order valence-electron chi connectivity index (χ1n) is 5.60. The molecule has 0 fully saturated rings. The molecule has 5 heteroatoms. The lowest BCUT2D eigenvalue weighted by Gasteiger charge is -2.16. The quantitative estimate of drug-likeness (QED) is 0.842. The number of aryl methyl sites for hydroxylation is 2. The Bertz CT molecular complexity index is 483. The van der Waals surface area contributed by atoms with Crippen molar-refractivity contribution >= 4 is 15.7 Å². The number of rotatable bonds is 5. The summed E-state index contributed by atoms with van der Waals surface area (Å²) in [6.07, 6.45) is 0. The molecule has 0 amide bonds. The molecular weight excluding hydrogens is 236 g/mol. The second-order valence-corrected chi connectivity index (χ2v) is 6.43. The fraction of sp³-hybridized carbons (Fsp3) is 0.500. The summed E-state index contributed by atoms with van der Waals surface area (Å²) in [7, 11) is -1.59. The average Bonchev–Trinajstić information content (AvgIpc) is 2.23. The van der Waals surface area contributed by atoms with Gasteiger partial charge in [0, 0.05) is 6.54 Å². The van der Waals surface area contributed by atoms with Crippen molar-refractivity contribution in [3.8, 4) is 0 Å². The topological polar surface area (TPSA) is 58.2 Å². The molecule has 0 saturated heterocycles. The molecule has 0 bridgehead atoms. The summed E-state index contributed by atoms with van der Waals surface area (Å²) in [6, 6.07) is 5.72. The maximum Gasteiger partial charge on any atom is 0.236 e. The van der Waals surface area contributed by atoms with Gasteiger partial charge in [-0.1, -0.05) is 12.1 Å². The van der Waals surface area contributed by atoms with Gasteiger partial charge in [-0.25, -0.2) is 8.42 Å². The van der Waals surface area contributed by atoms with Crippen LogP contribution in [0.3, 0.4) is 0 Å². The van der Waals surface area contributed by atoms with Crippen LogP contribution in [0.4, 0.5) is 5.69 Å². The SMILES string of the molecule is CNCC(C)S(=O)(=O)Nc1cc(C)ccc1C. The number of benzene rings is 1. The standard InChI is InChI=1S/C12H20N2O2S/c1-9-5-6-10(2)12(7-9)14-17(15,16)11(3)8-13-4/h5-7,11,13-14H,8H2,1-4H3. The van der Waals surface area contributed by atoms with Gasteiger partial charge in [0.25, 0.3) is 0 Å². The van der Waals surface area contributed by atoms with Gasteiger partial charge in [-0.15, -0.1) is 0 Å². The first-order chi connectivity index (χ1) is 7.86. The van der Waals surface area contributed by atoms with Crippen molar-refractivity contribution in [2.75, 3.05) is 18.3 Å². The number of nitrogens with one attached hydrogen (secondary N) is 2. The van der Waals surface area contributed by atoms with Gasteiger partial charge in [-0.2, -0.15) is 0 Å². The highest BCUT2D eigenvalue weighted by Crippen LogP contribution is 2.18. The molecule has 0 spiro atoms. The number of hydrogen-bond donors (Lipinski definition) is 2. The van der Waals surface area contributed by atoms with Crippen LogP contribution in [-0.4, -0.2) is 27.3 Å². The van der Waals surface area contributed by atoms with Crippen molar-refractivity contribution in [3.05, 3.63) is 29.3 Å². The van der Waals surface area contributed by atoms with Crippen molar-refractivity contribution in [2.24, 2.45) is 0 Å². The number of anilines is 1. The minimum Gasteiger partial charge on any atom is -0.318 e. The molecule has 0 radical (unpaired) electrons. The third-order valence-corrected chi connectivity index (χ3v) is 4.40. The van der Waals surface area contributed by atoms with Crippen LogP contribution >= 0.6 is 0 Å². The summed E-state index contributed by atoms with van der Waals surface area (Å²) >= 11 is 0. The lowest BCUT2D eigenvalue weighted by molar-refractivity contribution is 0.583. The zero-order valence-corrected chi connectivity index (χ0v) is 11.6. The first kappa shape index (κ1) is 14.0. The first-order valence-corrected chi connectivity index (χ1v) is 7.15. The zero-order chi connectivity index (χ0) is 13.1. The van der Waals surface area contributed by atoms with Gasteiger partial charge in [-0.05, 0) is 45.0 Å². The fourth-order valence-electron chi connectivity index (χ4n) is 1.50. The van der Waals surface area contributed by atoms with E-state index in [9.17, 15) is 8.42 Å². The van der Waals surface area contributed by atoms with Gasteiger partial charge >= 0.3 is 0 Å². The maximum absolute atomic E-state index is 12.0. The zero-order valence-electron chi connectivity index (χ0n) is 10.7. The molecule has 1 aromatic carbocycles. The Morgan fingerprint density at radius 2 is 1.94 bits per heavy atom. The Labute approximate surface area is 103 Å². The lowest BCUT2D eigenvalue weighted by atomic mass is 10.1. The van der Waals surface area contributed by atoms with E-state index in [-0.39, 0.29) is 0 Å². The molecule has 0 heterocycles. The molecule has 0 aromatic heterocycles. The smallest absolute Gasteiger partial charge is 0.236 e. The minimum atomic E-state index is -3.33. The Morgan fingerprint density at radius 3 is 2.53 bits per heavy atom. The summed E-state index contributed by atoms with van der Waals surface area (Å²) in [6.45, 7) is 5.94. The normalized spacial score (nSPS) is 13.4.